The maximum atomic E-state index is 12.8. The smallest absolute Gasteiger partial charge is 0.320 e. The fourth-order valence-electron chi connectivity index (χ4n) is 1.75. The molecule has 0 aliphatic rings. The van der Waals surface area contributed by atoms with Gasteiger partial charge in [0.1, 0.15) is 0 Å². The number of halogens is 4. The highest BCUT2D eigenvalue weighted by Gasteiger charge is 2.33. The first-order chi connectivity index (χ1) is 8.79. The Labute approximate surface area is 116 Å². The van der Waals surface area contributed by atoms with Gasteiger partial charge in [-0.2, -0.15) is 18.3 Å². The molecule has 0 bridgehead atoms. The van der Waals surface area contributed by atoms with Gasteiger partial charge in [-0.15, -0.1) is 0 Å². The highest BCUT2D eigenvalue weighted by Crippen LogP contribution is 2.36. The Morgan fingerprint density at radius 3 is 2.53 bits per heavy atom. The number of alkyl halides is 3. The molecule has 0 amide bonds. The number of rotatable bonds is 2. The van der Waals surface area contributed by atoms with Gasteiger partial charge in [-0.3, -0.25) is 4.68 Å². The summed E-state index contributed by atoms with van der Waals surface area (Å²) < 4.78 is 40.0. The highest BCUT2D eigenvalue weighted by molar-refractivity contribution is 9.10. The normalized spacial score (nSPS) is 13.6. The standard InChI is InChI=1S/C12H11BrF3N3/c1-19-6-8(5-18-19)11(17)7-2-3-10(13)9(4-7)12(14,15)16/h2-6,11H,17H2,1H3. The number of aromatic nitrogens is 2. The van der Waals surface area contributed by atoms with Crippen LogP contribution < -0.4 is 5.73 Å². The Morgan fingerprint density at radius 1 is 1.32 bits per heavy atom. The molecule has 1 aromatic heterocycles. The first-order valence-corrected chi connectivity index (χ1v) is 6.19. The molecule has 1 atom stereocenters. The summed E-state index contributed by atoms with van der Waals surface area (Å²) in [7, 11) is 1.72. The van der Waals surface area contributed by atoms with Gasteiger partial charge in [-0.25, -0.2) is 0 Å². The summed E-state index contributed by atoms with van der Waals surface area (Å²) >= 11 is 2.90. The maximum absolute atomic E-state index is 12.8. The molecule has 0 radical (unpaired) electrons. The van der Waals surface area contributed by atoms with Gasteiger partial charge in [0.2, 0.25) is 0 Å². The van der Waals surface area contributed by atoms with Crippen molar-refractivity contribution >= 4 is 15.9 Å². The number of aryl methyl sites for hydroxylation is 1. The van der Waals surface area contributed by atoms with Gasteiger partial charge in [0.25, 0.3) is 0 Å². The lowest BCUT2D eigenvalue weighted by Gasteiger charge is -2.14. The molecule has 2 rings (SSSR count). The van der Waals surface area contributed by atoms with Gasteiger partial charge in [0.15, 0.2) is 0 Å². The lowest BCUT2D eigenvalue weighted by Crippen LogP contribution is -2.13. The van der Waals surface area contributed by atoms with E-state index in [4.69, 9.17) is 5.73 Å². The number of benzene rings is 1. The Balaban J connectivity index is 2.41. The molecule has 0 saturated carbocycles. The van der Waals surface area contributed by atoms with E-state index in [0.29, 0.717) is 11.1 Å². The minimum Gasteiger partial charge on any atom is -0.320 e. The third kappa shape index (κ3) is 2.98. The minimum absolute atomic E-state index is 0.00198. The number of nitrogens with zero attached hydrogens (tertiary/aromatic N) is 2. The van der Waals surface area contributed by atoms with Gasteiger partial charge in [-0.05, 0) is 17.7 Å². The monoisotopic (exact) mass is 333 g/mol. The fourth-order valence-corrected chi connectivity index (χ4v) is 2.22. The zero-order valence-electron chi connectivity index (χ0n) is 9.95. The molecule has 19 heavy (non-hydrogen) atoms. The second kappa shape index (κ2) is 4.97. The Hall–Kier alpha value is -1.34. The molecule has 0 aliphatic carbocycles. The van der Waals surface area contributed by atoms with Crippen LogP contribution in [-0.2, 0) is 13.2 Å². The lowest BCUT2D eigenvalue weighted by molar-refractivity contribution is -0.138. The van der Waals surface area contributed by atoms with Crippen LogP contribution in [0.25, 0.3) is 0 Å². The second-order valence-electron chi connectivity index (χ2n) is 4.16. The van der Waals surface area contributed by atoms with E-state index in [1.807, 2.05) is 0 Å². The Morgan fingerprint density at radius 2 is 2.00 bits per heavy atom. The summed E-state index contributed by atoms with van der Waals surface area (Å²) in [5.74, 6) is 0. The summed E-state index contributed by atoms with van der Waals surface area (Å²) in [6, 6.07) is 3.34. The van der Waals surface area contributed by atoms with E-state index in [2.05, 4.69) is 21.0 Å². The van der Waals surface area contributed by atoms with Crippen molar-refractivity contribution in [1.29, 1.82) is 0 Å². The molecule has 3 nitrogen and oxygen atoms in total. The molecule has 1 aromatic carbocycles. The van der Waals surface area contributed by atoms with Crippen molar-refractivity contribution in [2.45, 2.75) is 12.2 Å². The van der Waals surface area contributed by atoms with Crippen molar-refractivity contribution in [1.82, 2.24) is 9.78 Å². The van der Waals surface area contributed by atoms with Crippen LogP contribution in [0, 0.1) is 0 Å². The predicted octanol–water partition coefficient (Wildman–Crippen LogP) is 3.25. The van der Waals surface area contributed by atoms with Crippen LogP contribution >= 0.6 is 15.9 Å². The van der Waals surface area contributed by atoms with Crippen LogP contribution in [0.2, 0.25) is 0 Å². The van der Waals surface area contributed by atoms with Crippen molar-refractivity contribution in [3.8, 4) is 0 Å². The topological polar surface area (TPSA) is 43.8 Å². The Bertz CT molecular complexity index is 592. The molecule has 0 fully saturated rings. The third-order valence-corrected chi connectivity index (χ3v) is 3.43. The second-order valence-corrected chi connectivity index (χ2v) is 5.02. The molecule has 7 heteroatoms. The van der Waals surface area contributed by atoms with Crippen LogP contribution in [0.4, 0.5) is 13.2 Å². The molecule has 102 valence electrons. The van der Waals surface area contributed by atoms with Gasteiger partial charge in [0, 0.05) is 23.3 Å². The molecule has 0 aliphatic heterocycles. The molecule has 0 saturated heterocycles. The van der Waals surface area contributed by atoms with E-state index < -0.39 is 17.8 Å². The van der Waals surface area contributed by atoms with Crippen molar-refractivity contribution in [3.63, 3.8) is 0 Å². The summed E-state index contributed by atoms with van der Waals surface area (Å²) in [5, 5.41) is 3.96. The minimum atomic E-state index is -4.41. The molecule has 1 heterocycles. The molecular weight excluding hydrogens is 323 g/mol. The summed E-state index contributed by atoms with van der Waals surface area (Å²) in [6.45, 7) is 0. The number of hydrogen-bond acceptors (Lipinski definition) is 2. The highest BCUT2D eigenvalue weighted by atomic mass is 79.9. The fraction of sp³-hybridized carbons (Fsp3) is 0.250. The predicted molar refractivity (Wildman–Crippen MR) is 68.4 cm³/mol. The zero-order chi connectivity index (χ0) is 14.2. The zero-order valence-corrected chi connectivity index (χ0v) is 11.5. The summed E-state index contributed by atoms with van der Waals surface area (Å²) in [5.41, 5.74) is 6.28. The van der Waals surface area contributed by atoms with Gasteiger partial charge >= 0.3 is 6.18 Å². The van der Waals surface area contributed by atoms with E-state index in [-0.39, 0.29) is 4.47 Å². The molecule has 2 aromatic rings. The van der Waals surface area contributed by atoms with E-state index in [9.17, 15) is 13.2 Å². The molecule has 0 spiro atoms. The summed E-state index contributed by atoms with van der Waals surface area (Å²) in [6.07, 6.45) is -1.19. The quantitative estimate of drug-likeness (QED) is 0.916. The SMILES string of the molecule is Cn1cc(C(N)c2ccc(Br)c(C(F)(F)F)c2)cn1. The van der Waals surface area contributed by atoms with Crippen molar-refractivity contribution < 1.29 is 13.2 Å². The van der Waals surface area contributed by atoms with Crippen molar-refractivity contribution in [3.05, 3.63) is 51.8 Å². The molecular formula is C12H11BrF3N3. The van der Waals surface area contributed by atoms with E-state index in [1.54, 1.807) is 30.2 Å². The number of nitrogens with two attached hydrogens (primary N) is 1. The van der Waals surface area contributed by atoms with Gasteiger partial charge < -0.3 is 5.73 Å². The molecule has 2 N–H and O–H groups in total. The van der Waals surface area contributed by atoms with Crippen LogP contribution in [0.3, 0.4) is 0 Å². The van der Waals surface area contributed by atoms with Crippen LogP contribution in [-0.4, -0.2) is 9.78 Å². The Kier molecular flexibility index (Phi) is 3.69. The first kappa shape index (κ1) is 14.1. The van der Waals surface area contributed by atoms with Crippen molar-refractivity contribution in [2.75, 3.05) is 0 Å². The maximum Gasteiger partial charge on any atom is 0.417 e. The average Bonchev–Trinajstić information content (AvgIpc) is 2.74. The first-order valence-electron chi connectivity index (χ1n) is 5.40. The molecule has 1 unspecified atom stereocenters. The van der Waals surface area contributed by atoms with E-state index in [0.717, 1.165) is 6.07 Å². The lowest BCUT2D eigenvalue weighted by atomic mass is 10.0. The van der Waals surface area contributed by atoms with Crippen LogP contribution in [0.1, 0.15) is 22.7 Å². The summed E-state index contributed by atoms with van der Waals surface area (Å²) in [4.78, 5) is 0. The van der Waals surface area contributed by atoms with Gasteiger partial charge in [0.05, 0.1) is 17.8 Å². The van der Waals surface area contributed by atoms with Crippen molar-refractivity contribution in [2.24, 2.45) is 12.8 Å². The third-order valence-electron chi connectivity index (χ3n) is 2.74. The average molecular weight is 334 g/mol. The number of hydrogen-bond donors (Lipinski definition) is 1. The largest absolute Gasteiger partial charge is 0.417 e. The van der Waals surface area contributed by atoms with Crippen LogP contribution in [0.5, 0.6) is 0 Å². The van der Waals surface area contributed by atoms with Crippen LogP contribution in [0.15, 0.2) is 35.1 Å². The van der Waals surface area contributed by atoms with E-state index >= 15 is 0 Å². The van der Waals surface area contributed by atoms with Gasteiger partial charge in [-0.1, -0.05) is 22.0 Å². The van der Waals surface area contributed by atoms with E-state index in [1.165, 1.54) is 6.07 Å².